The molecule has 30 heavy (non-hydrogen) atoms. The van der Waals surface area contributed by atoms with Crippen LogP contribution in [0.4, 0.5) is 0 Å². The molecule has 8 heteroatoms. The largest absolute Gasteiger partial charge is 0.489 e. The lowest BCUT2D eigenvalue weighted by molar-refractivity contribution is -0.136. The highest BCUT2D eigenvalue weighted by molar-refractivity contribution is 6.32. The summed E-state index contributed by atoms with van der Waals surface area (Å²) in [6, 6.07) is 11.0. The van der Waals surface area contributed by atoms with Gasteiger partial charge in [0.2, 0.25) is 5.82 Å². The standard InChI is InChI=1S/C22H20ClN3O4/c1-12(2)29-18-7-4-14(11-17(18)23)22-25-21(26-30-22)16-6-3-13(5-8-19(27)28)20-15(16)9-10-24-20/h3-4,6-7,9-12,24H,5,8H2,1-2H3,(H,27,28). The van der Waals surface area contributed by atoms with Crippen molar-refractivity contribution in [3.05, 3.63) is 53.2 Å². The predicted molar refractivity (Wildman–Crippen MR) is 114 cm³/mol. The average Bonchev–Trinajstić information content (AvgIpc) is 3.37. The van der Waals surface area contributed by atoms with Crippen LogP contribution in [0.3, 0.4) is 0 Å². The first-order valence-electron chi connectivity index (χ1n) is 9.54. The van der Waals surface area contributed by atoms with Crippen LogP contribution in [0, 0.1) is 0 Å². The number of carboxylic acids is 1. The fourth-order valence-electron chi connectivity index (χ4n) is 3.30. The maximum Gasteiger partial charge on any atom is 0.303 e. The number of aryl methyl sites for hydroxylation is 1. The Morgan fingerprint density at radius 1 is 1.27 bits per heavy atom. The number of rotatable bonds is 7. The number of halogens is 1. The smallest absolute Gasteiger partial charge is 0.303 e. The molecule has 7 nitrogen and oxygen atoms in total. The summed E-state index contributed by atoms with van der Waals surface area (Å²) in [6.45, 7) is 3.87. The molecule has 2 aromatic heterocycles. The molecule has 0 aliphatic rings. The Morgan fingerprint density at radius 3 is 2.83 bits per heavy atom. The van der Waals surface area contributed by atoms with E-state index in [9.17, 15) is 4.79 Å². The van der Waals surface area contributed by atoms with Crippen molar-refractivity contribution in [2.24, 2.45) is 0 Å². The van der Waals surface area contributed by atoms with Gasteiger partial charge in [0, 0.05) is 34.6 Å². The van der Waals surface area contributed by atoms with E-state index in [4.69, 9.17) is 26.0 Å². The Balaban J connectivity index is 1.65. The van der Waals surface area contributed by atoms with Crippen LogP contribution in [0.1, 0.15) is 25.8 Å². The first-order valence-corrected chi connectivity index (χ1v) is 9.91. The van der Waals surface area contributed by atoms with E-state index in [1.807, 2.05) is 44.3 Å². The maximum absolute atomic E-state index is 10.9. The van der Waals surface area contributed by atoms with Crippen molar-refractivity contribution in [3.63, 3.8) is 0 Å². The first-order chi connectivity index (χ1) is 14.4. The predicted octanol–water partition coefficient (Wildman–Crippen LogP) is 5.34. The number of aromatic nitrogens is 3. The van der Waals surface area contributed by atoms with Crippen LogP contribution < -0.4 is 4.74 Å². The summed E-state index contributed by atoms with van der Waals surface area (Å²) >= 11 is 6.32. The lowest BCUT2D eigenvalue weighted by Gasteiger charge is -2.11. The quantitative estimate of drug-likeness (QED) is 0.414. The van der Waals surface area contributed by atoms with E-state index in [-0.39, 0.29) is 12.5 Å². The number of H-pyrrole nitrogens is 1. The van der Waals surface area contributed by atoms with E-state index in [0.717, 1.165) is 22.0 Å². The van der Waals surface area contributed by atoms with Crippen LogP contribution in [0.5, 0.6) is 5.75 Å². The SMILES string of the molecule is CC(C)Oc1ccc(-c2nc(-c3ccc(CCC(=O)O)c4[nH]ccc34)no2)cc1Cl. The van der Waals surface area contributed by atoms with Gasteiger partial charge in [0.25, 0.3) is 5.89 Å². The summed E-state index contributed by atoms with van der Waals surface area (Å²) in [5, 5.41) is 14.5. The lowest BCUT2D eigenvalue weighted by Crippen LogP contribution is -2.05. The highest BCUT2D eigenvalue weighted by Gasteiger charge is 2.17. The van der Waals surface area contributed by atoms with Crippen molar-refractivity contribution in [1.29, 1.82) is 0 Å². The van der Waals surface area contributed by atoms with E-state index in [1.165, 1.54) is 0 Å². The molecule has 154 valence electrons. The summed E-state index contributed by atoms with van der Waals surface area (Å²) in [4.78, 5) is 18.6. The number of nitrogens with one attached hydrogen (secondary N) is 1. The summed E-state index contributed by atoms with van der Waals surface area (Å²) < 4.78 is 11.1. The van der Waals surface area contributed by atoms with Gasteiger partial charge in [-0.2, -0.15) is 4.98 Å². The van der Waals surface area contributed by atoms with Gasteiger partial charge in [-0.05, 0) is 50.1 Å². The molecule has 4 aromatic rings. The number of carboxylic acid groups (broad SMARTS) is 1. The van der Waals surface area contributed by atoms with Crippen LogP contribution in [-0.4, -0.2) is 32.3 Å². The molecule has 0 aliphatic heterocycles. The van der Waals surface area contributed by atoms with Crippen LogP contribution in [0.15, 0.2) is 47.1 Å². The molecule has 2 N–H and O–H groups in total. The van der Waals surface area contributed by atoms with Gasteiger partial charge in [-0.3, -0.25) is 4.79 Å². The summed E-state index contributed by atoms with van der Waals surface area (Å²) in [7, 11) is 0. The third-order valence-corrected chi connectivity index (χ3v) is 4.92. The van der Waals surface area contributed by atoms with E-state index in [0.29, 0.717) is 34.5 Å². The van der Waals surface area contributed by atoms with Crippen molar-refractivity contribution in [1.82, 2.24) is 15.1 Å². The van der Waals surface area contributed by atoms with Crippen molar-refractivity contribution in [3.8, 4) is 28.6 Å². The van der Waals surface area contributed by atoms with Crippen LogP contribution in [-0.2, 0) is 11.2 Å². The second kappa shape index (κ2) is 8.20. The molecular weight excluding hydrogens is 406 g/mol. The highest BCUT2D eigenvalue weighted by Crippen LogP contribution is 2.33. The van der Waals surface area contributed by atoms with Gasteiger partial charge in [-0.15, -0.1) is 0 Å². The zero-order chi connectivity index (χ0) is 21.3. The summed E-state index contributed by atoms with van der Waals surface area (Å²) in [6.07, 6.45) is 2.34. The van der Waals surface area contributed by atoms with E-state index in [1.54, 1.807) is 12.1 Å². The molecule has 0 amide bonds. The minimum absolute atomic E-state index is 0.0191. The van der Waals surface area contributed by atoms with Crippen LogP contribution in [0.2, 0.25) is 5.02 Å². The van der Waals surface area contributed by atoms with Crippen molar-refractivity contribution >= 4 is 28.5 Å². The van der Waals surface area contributed by atoms with Gasteiger partial charge < -0.3 is 19.4 Å². The van der Waals surface area contributed by atoms with Gasteiger partial charge in [0.1, 0.15) is 5.75 Å². The number of hydrogen-bond donors (Lipinski definition) is 2. The van der Waals surface area contributed by atoms with Crippen LogP contribution in [0.25, 0.3) is 33.7 Å². The molecule has 0 radical (unpaired) electrons. The number of ether oxygens (including phenoxy) is 1. The fourth-order valence-corrected chi connectivity index (χ4v) is 3.52. The molecule has 0 saturated heterocycles. The zero-order valence-electron chi connectivity index (χ0n) is 16.5. The maximum atomic E-state index is 10.9. The molecule has 2 aromatic carbocycles. The molecule has 0 bridgehead atoms. The van der Waals surface area contributed by atoms with Crippen LogP contribution >= 0.6 is 11.6 Å². The van der Waals surface area contributed by atoms with Gasteiger partial charge in [-0.1, -0.05) is 28.9 Å². The number of nitrogens with zero attached hydrogens (tertiary/aromatic N) is 2. The number of benzene rings is 2. The molecule has 0 fully saturated rings. The summed E-state index contributed by atoms with van der Waals surface area (Å²) in [5.74, 6) is 0.561. The second-order valence-corrected chi connectivity index (χ2v) is 7.57. The van der Waals surface area contributed by atoms with Crippen molar-refractivity contribution in [2.75, 3.05) is 0 Å². The monoisotopic (exact) mass is 425 g/mol. The second-order valence-electron chi connectivity index (χ2n) is 7.17. The number of carbonyl (C=O) groups is 1. The zero-order valence-corrected chi connectivity index (χ0v) is 17.2. The Morgan fingerprint density at radius 2 is 2.10 bits per heavy atom. The lowest BCUT2D eigenvalue weighted by atomic mass is 10.0. The molecule has 0 spiro atoms. The molecule has 0 unspecified atom stereocenters. The van der Waals surface area contributed by atoms with Crippen molar-refractivity contribution < 1.29 is 19.2 Å². The Kier molecular flexibility index (Phi) is 5.46. The summed E-state index contributed by atoms with van der Waals surface area (Å²) in [5.41, 5.74) is 3.29. The van der Waals surface area contributed by atoms with Gasteiger partial charge >= 0.3 is 5.97 Å². The molecule has 4 rings (SSSR count). The first kappa shape index (κ1) is 20.0. The molecule has 0 atom stereocenters. The third-order valence-electron chi connectivity index (χ3n) is 4.63. The fraction of sp³-hybridized carbons (Fsp3) is 0.227. The van der Waals surface area contributed by atoms with Gasteiger partial charge in [0.15, 0.2) is 0 Å². The Hall–Kier alpha value is -3.32. The van der Waals surface area contributed by atoms with E-state index >= 15 is 0 Å². The number of aromatic amines is 1. The highest BCUT2D eigenvalue weighted by atomic mass is 35.5. The van der Waals surface area contributed by atoms with E-state index in [2.05, 4.69) is 15.1 Å². The van der Waals surface area contributed by atoms with Gasteiger partial charge in [-0.25, -0.2) is 0 Å². The third kappa shape index (κ3) is 4.02. The Labute approximate surface area is 177 Å². The van der Waals surface area contributed by atoms with Crippen molar-refractivity contribution in [2.45, 2.75) is 32.8 Å². The number of hydrogen-bond acceptors (Lipinski definition) is 5. The topological polar surface area (TPSA) is 101 Å². The minimum Gasteiger partial charge on any atom is -0.489 e. The molecule has 0 saturated carbocycles. The average molecular weight is 426 g/mol. The Bertz CT molecular complexity index is 1210. The normalized spacial score (nSPS) is 11.3. The minimum atomic E-state index is -0.829. The van der Waals surface area contributed by atoms with Gasteiger partial charge in [0.05, 0.1) is 11.1 Å². The molecule has 2 heterocycles. The number of aliphatic carboxylic acids is 1. The molecular formula is C22H20ClN3O4. The van der Waals surface area contributed by atoms with E-state index < -0.39 is 5.97 Å². The molecule has 0 aliphatic carbocycles. The number of fused-ring (bicyclic) bond motifs is 1.